The van der Waals surface area contributed by atoms with Gasteiger partial charge in [0, 0.05) is 37.3 Å². The molecule has 5 nitrogen and oxygen atoms in total. The van der Waals surface area contributed by atoms with Crippen LogP contribution in [0.4, 0.5) is 4.79 Å². The van der Waals surface area contributed by atoms with Crippen LogP contribution in [-0.2, 0) is 0 Å². The highest BCUT2D eigenvalue weighted by Crippen LogP contribution is 2.37. The SMILES string of the molecule is CN=C(/C(C)=C\N)[C@@H]1CCN(C(=O)NC(C)(C)C)CC1(C)C. The zero-order valence-corrected chi connectivity index (χ0v) is 15.2. The number of aliphatic imine (C=N–C) groups is 1. The van der Waals surface area contributed by atoms with Crippen LogP contribution in [0.1, 0.15) is 48.0 Å². The summed E-state index contributed by atoms with van der Waals surface area (Å²) in [5.74, 6) is 0.316. The van der Waals surface area contributed by atoms with Crippen molar-refractivity contribution in [2.45, 2.75) is 53.5 Å². The summed E-state index contributed by atoms with van der Waals surface area (Å²) in [6, 6.07) is 0.0140. The summed E-state index contributed by atoms with van der Waals surface area (Å²) >= 11 is 0. The van der Waals surface area contributed by atoms with Crippen molar-refractivity contribution >= 4 is 11.7 Å². The van der Waals surface area contributed by atoms with Gasteiger partial charge in [-0.15, -0.1) is 0 Å². The number of likely N-dealkylation sites (tertiary alicyclic amines) is 1. The molecular formula is C17H32N4O. The predicted octanol–water partition coefficient (Wildman–Crippen LogP) is 2.78. The van der Waals surface area contributed by atoms with E-state index in [1.54, 1.807) is 6.20 Å². The summed E-state index contributed by atoms with van der Waals surface area (Å²) < 4.78 is 0. The molecule has 0 bridgehead atoms. The number of allylic oxidation sites excluding steroid dienone is 1. The number of nitrogens with one attached hydrogen (secondary N) is 1. The molecule has 0 saturated carbocycles. The summed E-state index contributed by atoms with van der Waals surface area (Å²) in [6.45, 7) is 13.9. The topological polar surface area (TPSA) is 70.7 Å². The minimum atomic E-state index is -0.215. The molecule has 22 heavy (non-hydrogen) atoms. The van der Waals surface area contributed by atoms with Gasteiger partial charge in [-0.25, -0.2) is 4.79 Å². The van der Waals surface area contributed by atoms with Crippen molar-refractivity contribution in [3.63, 3.8) is 0 Å². The summed E-state index contributed by atoms with van der Waals surface area (Å²) in [5.41, 5.74) is 7.50. The maximum atomic E-state index is 12.4. The van der Waals surface area contributed by atoms with Gasteiger partial charge in [0.15, 0.2) is 0 Å². The molecule has 3 N–H and O–H groups in total. The second kappa shape index (κ2) is 6.71. The first-order chi connectivity index (χ1) is 10.0. The fourth-order valence-electron chi connectivity index (χ4n) is 3.13. The molecule has 0 radical (unpaired) electrons. The molecule has 1 aliphatic heterocycles. The Kier molecular flexibility index (Phi) is 5.65. The van der Waals surface area contributed by atoms with Crippen LogP contribution in [0.3, 0.4) is 0 Å². The monoisotopic (exact) mass is 308 g/mol. The van der Waals surface area contributed by atoms with E-state index in [9.17, 15) is 4.79 Å². The summed E-state index contributed by atoms with van der Waals surface area (Å²) in [6.07, 6.45) is 2.53. The predicted molar refractivity (Wildman–Crippen MR) is 93.0 cm³/mol. The molecule has 1 fully saturated rings. The maximum absolute atomic E-state index is 12.4. The minimum Gasteiger partial charge on any atom is -0.404 e. The molecule has 5 heteroatoms. The molecule has 1 rings (SSSR count). The molecule has 1 aliphatic rings. The third kappa shape index (κ3) is 4.49. The standard InChI is InChI=1S/C17H32N4O/c1-12(10-18)14(19-7)13-8-9-21(11-17(13,5)6)15(22)20-16(2,3)4/h10,13H,8-9,11,18H2,1-7H3,(H,20,22)/b12-10-,19-14?/t13-/m0/s1. The molecule has 2 amide bonds. The van der Waals surface area contributed by atoms with Gasteiger partial charge in [-0.3, -0.25) is 4.99 Å². The Hall–Kier alpha value is -1.52. The molecular weight excluding hydrogens is 276 g/mol. The van der Waals surface area contributed by atoms with Crippen LogP contribution in [0.2, 0.25) is 0 Å². The smallest absolute Gasteiger partial charge is 0.317 e. The number of carbonyl (C=O) groups is 1. The number of nitrogens with two attached hydrogens (primary N) is 1. The summed E-state index contributed by atoms with van der Waals surface area (Å²) in [7, 11) is 1.82. The largest absolute Gasteiger partial charge is 0.404 e. The number of nitrogens with zero attached hydrogens (tertiary/aromatic N) is 2. The number of carbonyl (C=O) groups excluding carboxylic acids is 1. The Morgan fingerprint density at radius 2 is 2.00 bits per heavy atom. The highest BCUT2D eigenvalue weighted by atomic mass is 16.2. The Labute approximate surface area is 135 Å². The van der Waals surface area contributed by atoms with Gasteiger partial charge in [-0.2, -0.15) is 0 Å². The van der Waals surface area contributed by atoms with Crippen molar-refractivity contribution in [1.82, 2.24) is 10.2 Å². The highest BCUT2D eigenvalue weighted by Gasteiger charge is 2.40. The zero-order chi connectivity index (χ0) is 17.1. The van der Waals surface area contributed by atoms with Crippen LogP contribution >= 0.6 is 0 Å². The molecule has 126 valence electrons. The van der Waals surface area contributed by atoms with Gasteiger partial charge in [-0.1, -0.05) is 13.8 Å². The van der Waals surface area contributed by atoms with E-state index in [-0.39, 0.29) is 17.0 Å². The van der Waals surface area contributed by atoms with Crippen LogP contribution in [-0.4, -0.2) is 42.3 Å². The lowest BCUT2D eigenvalue weighted by Crippen LogP contribution is -2.56. The van der Waals surface area contributed by atoms with E-state index >= 15 is 0 Å². The van der Waals surface area contributed by atoms with Gasteiger partial charge < -0.3 is 16.0 Å². The molecule has 0 unspecified atom stereocenters. The van der Waals surface area contributed by atoms with Crippen molar-refractivity contribution < 1.29 is 4.79 Å². The Bertz CT molecular complexity index is 472. The quantitative estimate of drug-likeness (QED) is 0.770. The van der Waals surface area contributed by atoms with E-state index in [0.29, 0.717) is 5.92 Å². The maximum Gasteiger partial charge on any atom is 0.317 e. The number of hydrogen-bond donors (Lipinski definition) is 2. The van der Waals surface area contributed by atoms with Gasteiger partial charge >= 0.3 is 6.03 Å². The summed E-state index contributed by atoms with van der Waals surface area (Å²) in [5, 5.41) is 3.04. The van der Waals surface area contributed by atoms with Crippen molar-refractivity contribution in [2.24, 2.45) is 22.1 Å². The number of rotatable bonds is 2. The van der Waals surface area contributed by atoms with Crippen molar-refractivity contribution in [3.8, 4) is 0 Å². The number of piperidine rings is 1. The third-order valence-corrected chi connectivity index (χ3v) is 4.22. The van der Waals surface area contributed by atoms with Crippen LogP contribution in [0.5, 0.6) is 0 Å². The lowest BCUT2D eigenvalue weighted by Gasteiger charge is -2.45. The van der Waals surface area contributed by atoms with E-state index in [0.717, 1.165) is 30.8 Å². The van der Waals surface area contributed by atoms with Crippen molar-refractivity contribution in [3.05, 3.63) is 11.8 Å². The van der Waals surface area contributed by atoms with Crippen molar-refractivity contribution in [1.29, 1.82) is 0 Å². The molecule has 1 heterocycles. The van der Waals surface area contributed by atoms with Crippen LogP contribution in [0, 0.1) is 11.3 Å². The van der Waals surface area contributed by atoms with Crippen LogP contribution in [0.25, 0.3) is 0 Å². The highest BCUT2D eigenvalue weighted by molar-refractivity contribution is 6.01. The Balaban J connectivity index is 2.88. The number of urea groups is 1. The van der Waals surface area contributed by atoms with E-state index in [1.165, 1.54) is 0 Å². The Morgan fingerprint density at radius 3 is 2.41 bits per heavy atom. The van der Waals surface area contributed by atoms with E-state index < -0.39 is 0 Å². The van der Waals surface area contributed by atoms with Crippen LogP contribution in [0.15, 0.2) is 16.8 Å². The average molecular weight is 308 g/mol. The summed E-state index contributed by atoms with van der Waals surface area (Å²) in [4.78, 5) is 18.8. The second-order valence-corrected chi connectivity index (χ2v) is 7.89. The first kappa shape index (κ1) is 18.5. The fourth-order valence-corrected chi connectivity index (χ4v) is 3.13. The van der Waals surface area contributed by atoms with Gasteiger partial charge in [-0.05, 0) is 51.3 Å². The van der Waals surface area contributed by atoms with Gasteiger partial charge in [0.25, 0.3) is 0 Å². The van der Waals surface area contributed by atoms with Gasteiger partial charge in [0.1, 0.15) is 0 Å². The van der Waals surface area contributed by atoms with E-state index in [4.69, 9.17) is 5.73 Å². The molecule has 0 aliphatic carbocycles. The third-order valence-electron chi connectivity index (χ3n) is 4.22. The van der Waals surface area contributed by atoms with E-state index in [2.05, 4.69) is 24.2 Å². The first-order valence-electron chi connectivity index (χ1n) is 7.94. The van der Waals surface area contributed by atoms with E-state index in [1.807, 2.05) is 39.6 Å². The normalized spacial score (nSPS) is 23.4. The molecule has 0 spiro atoms. The van der Waals surface area contributed by atoms with Crippen LogP contribution < -0.4 is 11.1 Å². The molecule has 1 atom stereocenters. The lowest BCUT2D eigenvalue weighted by molar-refractivity contribution is 0.101. The zero-order valence-electron chi connectivity index (χ0n) is 15.2. The fraction of sp³-hybridized carbons (Fsp3) is 0.765. The Morgan fingerprint density at radius 1 is 1.41 bits per heavy atom. The van der Waals surface area contributed by atoms with Gasteiger partial charge in [0.05, 0.1) is 0 Å². The number of amides is 2. The molecule has 0 aromatic heterocycles. The molecule has 0 aromatic rings. The minimum absolute atomic E-state index is 0.0140. The second-order valence-electron chi connectivity index (χ2n) is 7.89. The molecule has 1 saturated heterocycles. The average Bonchev–Trinajstić information content (AvgIpc) is 2.38. The first-order valence-corrected chi connectivity index (χ1v) is 7.94. The lowest BCUT2D eigenvalue weighted by atomic mass is 9.70. The van der Waals surface area contributed by atoms with Gasteiger partial charge in [0.2, 0.25) is 0 Å². The number of hydrogen-bond acceptors (Lipinski definition) is 3. The molecule has 0 aromatic carbocycles. The van der Waals surface area contributed by atoms with Crippen molar-refractivity contribution in [2.75, 3.05) is 20.1 Å².